The third-order valence-electron chi connectivity index (χ3n) is 7.13. The molecule has 0 heterocycles. The summed E-state index contributed by atoms with van der Waals surface area (Å²) in [7, 11) is 0. The van der Waals surface area contributed by atoms with Gasteiger partial charge in [-0.05, 0) is 77.6 Å². The summed E-state index contributed by atoms with van der Waals surface area (Å²) < 4.78 is 5.53. The number of nitrogens with one attached hydrogen (secondary N) is 2. The summed E-state index contributed by atoms with van der Waals surface area (Å²) in [6.07, 6.45) is 4.88. The quantitative estimate of drug-likeness (QED) is 0.194. The summed E-state index contributed by atoms with van der Waals surface area (Å²) in [5.41, 5.74) is 2.73. The maximum absolute atomic E-state index is 14.6. The number of benzene rings is 2. The van der Waals surface area contributed by atoms with E-state index < -0.39 is 23.8 Å². The zero-order valence-corrected chi connectivity index (χ0v) is 27.5. The molecule has 0 fully saturated rings. The van der Waals surface area contributed by atoms with Crippen molar-refractivity contribution >= 4 is 17.9 Å². The molecule has 0 aliphatic heterocycles. The molecule has 43 heavy (non-hydrogen) atoms. The molecular formula is C35H53N3O5. The van der Waals surface area contributed by atoms with E-state index in [0.29, 0.717) is 6.54 Å². The first-order valence-corrected chi connectivity index (χ1v) is 15.7. The highest BCUT2D eigenvalue weighted by molar-refractivity contribution is 5.92. The molecule has 2 rings (SSSR count). The predicted molar refractivity (Wildman–Crippen MR) is 172 cm³/mol. The van der Waals surface area contributed by atoms with Crippen LogP contribution in [0.4, 0.5) is 4.79 Å². The number of rotatable bonds is 15. The van der Waals surface area contributed by atoms with Crippen molar-refractivity contribution in [2.45, 2.75) is 124 Å². The third-order valence-corrected chi connectivity index (χ3v) is 7.13. The number of hydrogen-bond donors (Lipinski definition) is 3. The standard InChI is InChI=1S/C35H53N3O5/c1-9-11-12-13-19-38(31(32(40)36-26(5)14-10-2)28-21-24(3)20-25(4)22-28)33(41)30(37-34(42)43-35(6,7)8)23-27-15-17-29(39)18-16-27/h15-18,20-22,26,30-31,39H,9-14,19,23H2,1-8H3,(H,36,40)(H,37,42). The summed E-state index contributed by atoms with van der Waals surface area (Å²) in [6, 6.07) is 10.6. The number of amides is 3. The number of ether oxygens (including phenoxy) is 1. The number of unbranched alkanes of at least 4 members (excludes halogenated alkanes) is 3. The predicted octanol–water partition coefficient (Wildman–Crippen LogP) is 6.90. The van der Waals surface area contributed by atoms with Crippen molar-refractivity contribution in [2.24, 2.45) is 0 Å². The van der Waals surface area contributed by atoms with Gasteiger partial charge in [0.15, 0.2) is 0 Å². The zero-order valence-electron chi connectivity index (χ0n) is 27.5. The Morgan fingerprint density at radius 3 is 2.09 bits per heavy atom. The first-order valence-electron chi connectivity index (χ1n) is 15.7. The van der Waals surface area contributed by atoms with Crippen molar-refractivity contribution in [2.75, 3.05) is 6.54 Å². The molecule has 0 saturated heterocycles. The monoisotopic (exact) mass is 595 g/mol. The second-order valence-electron chi connectivity index (χ2n) is 12.7. The van der Waals surface area contributed by atoms with Gasteiger partial charge in [-0.2, -0.15) is 0 Å². The van der Waals surface area contributed by atoms with Gasteiger partial charge in [0.1, 0.15) is 23.4 Å². The Morgan fingerprint density at radius 2 is 1.53 bits per heavy atom. The molecule has 2 aromatic carbocycles. The number of carbonyl (C=O) groups is 3. The number of hydrogen-bond acceptors (Lipinski definition) is 5. The third kappa shape index (κ3) is 12.3. The lowest BCUT2D eigenvalue weighted by Gasteiger charge is -2.35. The van der Waals surface area contributed by atoms with E-state index in [0.717, 1.165) is 60.8 Å². The van der Waals surface area contributed by atoms with Gasteiger partial charge in [-0.1, -0.05) is 81.0 Å². The molecule has 2 aromatic rings. The first-order chi connectivity index (χ1) is 20.2. The second-order valence-corrected chi connectivity index (χ2v) is 12.7. The number of nitrogens with zero attached hydrogens (tertiary/aromatic N) is 1. The van der Waals surface area contributed by atoms with Gasteiger partial charge >= 0.3 is 6.09 Å². The fourth-order valence-corrected chi connectivity index (χ4v) is 5.26. The van der Waals surface area contributed by atoms with E-state index in [1.165, 1.54) is 0 Å². The summed E-state index contributed by atoms with van der Waals surface area (Å²) in [5.74, 6) is -0.495. The van der Waals surface area contributed by atoms with Crippen LogP contribution < -0.4 is 10.6 Å². The minimum absolute atomic E-state index is 0.0596. The minimum atomic E-state index is -1.00. The number of aryl methyl sites for hydroxylation is 2. The number of phenolic OH excluding ortho intramolecular Hbond substituents is 1. The summed E-state index contributed by atoms with van der Waals surface area (Å²) >= 11 is 0. The van der Waals surface area contributed by atoms with Crippen molar-refractivity contribution in [3.05, 3.63) is 64.7 Å². The molecule has 8 heteroatoms. The normalized spacial score (nSPS) is 13.5. The number of alkyl carbamates (subject to hydrolysis) is 1. The van der Waals surface area contributed by atoms with Crippen LogP contribution in [-0.2, 0) is 20.7 Å². The van der Waals surface area contributed by atoms with Crippen molar-refractivity contribution in [3.8, 4) is 5.75 Å². The van der Waals surface area contributed by atoms with Crippen molar-refractivity contribution < 1.29 is 24.2 Å². The van der Waals surface area contributed by atoms with E-state index in [1.54, 1.807) is 49.9 Å². The van der Waals surface area contributed by atoms with E-state index in [4.69, 9.17) is 4.74 Å². The Bertz CT molecular complexity index is 1170. The van der Waals surface area contributed by atoms with Gasteiger partial charge in [0.2, 0.25) is 11.8 Å². The maximum Gasteiger partial charge on any atom is 0.408 e. The molecule has 8 nitrogen and oxygen atoms in total. The molecule has 3 unspecified atom stereocenters. The highest BCUT2D eigenvalue weighted by Gasteiger charge is 2.36. The van der Waals surface area contributed by atoms with Crippen LogP contribution in [0.25, 0.3) is 0 Å². The van der Waals surface area contributed by atoms with E-state index >= 15 is 0 Å². The molecule has 3 N–H and O–H groups in total. The van der Waals surface area contributed by atoms with Crippen LogP contribution in [0.1, 0.15) is 108 Å². The lowest BCUT2D eigenvalue weighted by Crippen LogP contribution is -2.54. The molecule has 0 radical (unpaired) electrons. The number of carbonyl (C=O) groups excluding carboxylic acids is 3. The summed E-state index contributed by atoms with van der Waals surface area (Å²) in [6.45, 7) is 15.8. The van der Waals surface area contributed by atoms with Crippen LogP contribution in [0.2, 0.25) is 0 Å². The number of aromatic hydroxyl groups is 1. The maximum atomic E-state index is 14.6. The Balaban J connectivity index is 2.61. The lowest BCUT2D eigenvalue weighted by atomic mass is 9.96. The van der Waals surface area contributed by atoms with Crippen LogP contribution >= 0.6 is 0 Å². The molecule has 0 aliphatic carbocycles. The SMILES string of the molecule is CCCCCCN(C(=O)C(Cc1ccc(O)cc1)NC(=O)OC(C)(C)C)C(C(=O)NC(C)CCC)c1cc(C)cc(C)c1. The molecule has 0 bridgehead atoms. The number of phenols is 1. The van der Waals surface area contributed by atoms with Gasteiger partial charge in [0.25, 0.3) is 0 Å². The zero-order chi connectivity index (χ0) is 32.2. The van der Waals surface area contributed by atoms with E-state index in [9.17, 15) is 19.5 Å². The van der Waals surface area contributed by atoms with Crippen LogP contribution in [0.15, 0.2) is 42.5 Å². The van der Waals surface area contributed by atoms with Gasteiger partial charge in [-0.3, -0.25) is 9.59 Å². The van der Waals surface area contributed by atoms with Crippen LogP contribution in [0, 0.1) is 13.8 Å². The molecule has 0 spiro atoms. The average Bonchev–Trinajstić information content (AvgIpc) is 2.89. The van der Waals surface area contributed by atoms with E-state index in [2.05, 4.69) is 24.5 Å². The Morgan fingerprint density at radius 1 is 0.907 bits per heavy atom. The molecule has 3 amide bonds. The fraction of sp³-hybridized carbons (Fsp3) is 0.571. The van der Waals surface area contributed by atoms with Crippen molar-refractivity contribution in [1.29, 1.82) is 0 Å². The molecular weight excluding hydrogens is 542 g/mol. The Hall–Kier alpha value is -3.55. The highest BCUT2D eigenvalue weighted by atomic mass is 16.6. The van der Waals surface area contributed by atoms with Crippen LogP contribution in [0.5, 0.6) is 5.75 Å². The Labute approximate surface area is 258 Å². The van der Waals surface area contributed by atoms with E-state index in [-0.39, 0.29) is 30.0 Å². The average molecular weight is 596 g/mol. The lowest BCUT2D eigenvalue weighted by molar-refractivity contribution is -0.142. The van der Waals surface area contributed by atoms with Gasteiger partial charge < -0.3 is 25.4 Å². The smallest absolute Gasteiger partial charge is 0.408 e. The van der Waals surface area contributed by atoms with Crippen molar-refractivity contribution in [3.63, 3.8) is 0 Å². The first kappa shape index (κ1) is 35.6. The largest absolute Gasteiger partial charge is 0.508 e. The summed E-state index contributed by atoms with van der Waals surface area (Å²) in [4.78, 5) is 43.3. The molecule has 0 aromatic heterocycles. The van der Waals surface area contributed by atoms with Crippen LogP contribution in [0.3, 0.4) is 0 Å². The van der Waals surface area contributed by atoms with Gasteiger partial charge in [0, 0.05) is 19.0 Å². The topological polar surface area (TPSA) is 108 Å². The molecule has 0 aliphatic rings. The van der Waals surface area contributed by atoms with Crippen LogP contribution in [-0.4, -0.2) is 52.1 Å². The minimum Gasteiger partial charge on any atom is -0.508 e. The van der Waals surface area contributed by atoms with Gasteiger partial charge in [-0.15, -0.1) is 0 Å². The second kappa shape index (κ2) is 16.9. The van der Waals surface area contributed by atoms with Crippen molar-refractivity contribution in [1.82, 2.24) is 15.5 Å². The molecule has 238 valence electrons. The van der Waals surface area contributed by atoms with E-state index in [1.807, 2.05) is 39.0 Å². The highest BCUT2D eigenvalue weighted by Crippen LogP contribution is 2.27. The molecule has 3 atom stereocenters. The van der Waals surface area contributed by atoms with Gasteiger partial charge in [-0.25, -0.2) is 4.79 Å². The Kier molecular flexibility index (Phi) is 14.0. The van der Waals surface area contributed by atoms with Gasteiger partial charge in [0.05, 0.1) is 0 Å². The molecule has 0 saturated carbocycles. The fourth-order valence-electron chi connectivity index (χ4n) is 5.26. The summed E-state index contributed by atoms with van der Waals surface area (Å²) in [5, 5.41) is 15.8.